The summed E-state index contributed by atoms with van der Waals surface area (Å²) in [5.41, 5.74) is -4.43. The smallest absolute Gasteiger partial charge is 0.330 e. The molecule has 1 saturated carbocycles. The molecule has 0 bridgehead atoms. The molecule has 5 atom stereocenters. The molecule has 21 heavy (non-hydrogen) atoms. The van der Waals surface area contributed by atoms with Gasteiger partial charge in [-0.2, -0.15) is 0 Å². The molecule has 1 aromatic rings. The summed E-state index contributed by atoms with van der Waals surface area (Å²) >= 11 is 0. The van der Waals surface area contributed by atoms with Gasteiger partial charge in [0.25, 0.3) is 5.56 Å². The molecule has 6 nitrogen and oxygen atoms in total. The van der Waals surface area contributed by atoms with Crippen molar-refractivity contribution < 1.29 is 14.2 Å². The number of alkyl halides is 1. The predicted molar refractivity (Wildman–Crippen MR) is 71.3 cm³/mol. The summed E-state index contributed by atoms with van der Waals surface area (Å²) in [6, 6.07) is 1.11. The lowest BCUT2D eigenvalue weighted by Crippen LogP contribution is -2.41. The Morgan fingerprint density at radius 2 is 2.33 bits per heavy atom. The Bertz CT molecular complexity index is 758. The third-order valence-corrected chi connectivity index (χ3v) is 4.28. The van der Waals surface area contributed by atoms with Crippen molar-refractivity contribution in [2.75, 3.05) is 0 Å². The van der Waals surface area contributed by atoms with Crippen molar-refractivity contribution in [3.8, 4) is 11.8 Å². The van der Waals surface area contributed by atoms with Crippen LogP contribution in [0.2, 0.25) is 0 Å². The summed E-state index contributed by atoms with van der Waals surface area (Å²) in [6.45, 7) is 3.02. The molecule has 0 radical (unpaired) electrons. The zero-order valence-corrected chi connectivity index (χ0v) is 11.6. The minimum absolute atomic E-state index is 0.352. The quantitative estimate of drug-likeness (QED) is 0.748. The van der Waals surface area contributed by atoms with Crippen molar-refractivity contribution in [3.05, 3.63) is 33.1 Å². The number of rotatable bonds is 2. The highest BCUT2D eigenvalue weighted by Gasteiger charge is 2.77. The number of ether oxygens (including phenoxy) is 1. The largest absolute Gasteiger partial charge is 0.390 e. The van der Waals surface area contributed by atoms with Gasteiger partial charge >= 0.3 is 5.69 Å². The van der Waals surface area contributed by atoms with E-state index in [4.69, 9.17) is 4.74 Å². The number of nitrogens with one attached hydrogen (secondary N) is 1. The predicted octanol–water partition coefficient (Wildman–Crippen LogP) is -0.0635. The van der Waals surface area contributed by atoms with E-state index in [0.717, 1.165) is 10.6 Å². The van der Waals surface area contributed by atoms with Gasteiger partial charge in [-0.15, -0.1) is 5.92 Å². The number of aliphatic hydroxyl groups is 1. The normalized spacial score (nSPS) is 38.3. The number of nitrogens with zero attached hydrogens (tertiary/aromatic N) is 1. The molecule has 0 spiro atoms. The molecule has 112 valence electrons. The van der Waals surface area contributed by atoms with E-state index in [0.29, 0.717) is 6.42 Å². The molecule has 7 heteroatoms. The zero-order valence-electron chi connectivity index (χ0n) is 11.6. The van der Waals surface area contributed by atoms with Crippen LogP contribution < -0.4 is 11.2 Å². The van der Waals surface area contributed by atoms with Crippen LogP contribution >= 0.6 is 0 Å². The van der Waals surface area contributed by atoms with Crippen LogP contribution in [0, 0.1) is 17.8 Å². The van der Waals surface area contributed by atoms with Crippen molar-refractivity contribution in [3.63, 3.8) is 0 Å². The number of aliphatic hydroxyl groups excluding tert-OH is 1. The van der Waals surface area contributed by atoms with Gasteiger partial charge in [0.2, 0.25) is 5.67 Å². The molecule has 1 aliphatic carbocycles. The van der Waals surface area contributed by atoms with E-state index in [1.807, 2.05) is 0 Å². The zero-order chi connectivity index (χ0) is 15.4. The lowest BCUT2D eigenvalue weighted by atomic mass is 9.97. The van der Waals surface area contributed by atoms with E-state index < -0.39 is 40.8 Å². The Morgan fingerprint density at radius 3 is 2.90 bits per heavy atom. The second-order valence-corrected chi connectivity index (χ2v) is 5.52. The highest BCUT2D eigenvalue weighted by molar-refractivity contribution is 5.32. The molecule has 1 aliphatic heterocycles. The van der Waals surface area contributed by atoms with Crippen molar-refractivity contribution in [2.45, 2.75) is 43.9 Å². The molecule has 3 rings (SSSR count). The fourth-order valence-corrected chi connectivity index (χ4v) is 3.13. The molecule has 0 amide bonds. The van der Waals surface area contributed by atoms with Gasteiger partial charge in [-0.1, -0.05) is 5.92 Å². The first-order chi connectivity index (χ1) is 9.85. The van der Waals surface area contributed by atoms with E-state index in [2.05, 4.69) is 16.8 Å². The standard InChI is InChI=1S/C14H15FN2O4/c1-3-5-13(15)9-7-14(9,8(2)18)21-11(13)17-6-4-10(19)16-12(17)20/h4,6,8-9,11,18H,7H2,1-2H3,(H,16,19,20)/t8-,9?,11-,13?,14?/m1/s1. The maximum Gasteiger partial charge on any atom is 0.330 e. The van der Waals surface area contributed by atoms with Crippen molar-refractivity contribution in [1.29, 1.82) is 0 Å². The summed E-state index contributed by atoms with van der Waals surface area (Å²) < 4.78 is 22.0. The summed E-state index contributed by atoms with van der Waals surface area (Å²) in [6.07, 6.45) is -0.634. The first kappa shape index (κ1) is 14.0. The third kappa shape index (κ3) is 1.79. The summed E-state index contributed by atoms with van der Waals surface area (Å²) in [7, 11) is 0. The van der Waals surface area contributed by atoms with Gasteiger partial charge in [-0.05, 0) is 20.3 Å². The Kier molecular flexibility index (Phi) is 2.87. The van der Waals surface area contributed by atoms with Gasteiger partial charge < -0.3 is 9.84 Å². The molecule has 2 N–H and O–H groups in total. The topological polar surface area (TPSA) is 84.3 Å². The van der Waals surface area contributed by atoms with E-state index in [9.17, 15) is 14.7 Å². The molecule has 0 aromatic carbocycles. The molecule has 1 aromatic heterocycles. The number of hydrogen-bond acceptors (Lipinski definition) is 4. The number of halogens is 1. The molecule has 3 unspecified atom stereocenters. The fourth-order valence-electron chi connectivity index (χ4n) is 3.13. The van der Waals surface area contributed by atoms with Crippen LogP contribution in [0.1, 0.15) is 26.5 Å². The van der Waals surface area contributed by atoms with Gasteiger partial charge in [0, 0.05) is 18.2 Å². The van der Waals surface area contributed by atoms with Crippen LogP contribution in [0.4, 0.5) is 4.39 Å². The molecule has 2 fully saturated rings. The number of aromatic nitrogens is 2. The number of aromatic amines is 1. The lowest BCUT2D eigenvalue weighted by molar-refractivity contribution is -0.113. The van der Waals surface area contributed by atoms with Crippen molar-refractivity contribution in [2.24, 2.45) is 5.92 Å². The molecular weight excluding hydrogens is 279 g/mol. The molecule has 2 aliphatic rings. The van der Waals surface area contributed by atoms with E-state index >= 15 is 4.39 Å². The van der Waals surface area contributed by atoms with Crippen molar-refractivity contribution in [1.82, 2.24) is 9.55 Å². The van der Waals surface area contributed by atoms with Gasteiger partial charge in [-0.25, -0.2) is 9.18 Å². The van der Waals surface area contributed by atoms with Crippen LogP contribution in [0.5, 0.6) is 0 Å². The summed E-state index contributed by atoms with van der Waals surface area (Å²) in [5.74, 6) is 4.40. The molecular formula is C14H15FN2O4. The number of H-pyrrole nitrogens is 1. The number of hydrogen-bond donors (Lipinski definition) is 2. The van der Waals surface area contributed by atoms with Crippen molar-refractivity contribution >= 4 is 0 Å². The highest BCUT2D eigenvalue weighted by atomic mass is 19.1. The van der Waals surface area contributed by atoms with Crippen LogP contribution in [0.25, 0.3) is 0 Å². The van der Waals surface area contributed by atoms with E-state index in [1.165, 1.54) is 20.0 Å². The second-order valence-electron chi connectivity index (χ2n) is 5.52. The molecule has 1 saturated heterocycles. The first-order valence-electron chi connectivity index (χ1n) is 6.65. The Labute approximate surface area is 119 Å². The van der Waals surface area contributed by atoms with Gasteiger partial charge in [-0.3, -0.25) is 14.3 Å². The average Bonchev–Trinajstić information content (AvgIpc) is 3.08. The third-order valence-electron chi connectivity index (χ3n) is 4.28. The van der Waals surface area contributed by atoms with E-state index in [-0.39, 0.29) is 0 Å². The highest BCUT2D eigenvalue weighted by Crippen LogP contribution is 2.66. The Balaban J connectivity index is 2.11. The Morgan fingerprint density at radius 1 is 1.62 bits per heavy atom. The minimum atomic E-state index is -2.08. The first-order valence-corrected chi connectivity index (χ1v) is 6.65. The minimum Gasteiger partial charge on any atom is -0.390 e. The lowest BCUT2D eigenvalue weighted by Gasteiger charge is -2.26. The summed E-state index contributed by atoms with van der Waals surface area (Å²) in [5, 5.41) is 9.85. The Hall–Kier alpha value is -1.91. The van der Waals surface area contributed by atoms with Gasteiger partial charge in [0.05, 0.1) is 6.10 Å². The van der Waals surface area contributed by atoms with E-state index in [1.54, 1.807) is 0 Å². The SMILES string of the molecule is CC#CC1(F)C2CC2([C@@H](C)O)O[C@H]1n1ccc(=O)[nH]c1=O. The average molecular weight is 294 g/mol. The van der Waals surface area contributed by atoms with Gasteiger partial charge in [0.1, 0.15) is 5.60 Å². The molecule has 2 heterocycles. The van der Waals surface area contributed by atoms with Crippen LogP contribution in [-0.4, -0.2) is 32.0 Å². The fraction of sp³-hybridized carbons (Fsp3) is 0.571. The van der Waals surface area contributed by atoms with Gasteiger partial charge in [0.15, 0.2) is 6.23 Å². The number of fused-ring (bicyclic) bond motifs is 1. The monoisotopic (exact) mass is 294 g/mol. The summed E-state index contributed by atoms with van der Waals surface area (Å²) in [4.78, 5) is 25.0. The van der Waals surface area contributed by atoms with Crippen LogP contribution in [0.15, 0.2) is 21.9 Å². The van der Waals surface area contributed by atoms with Crippen LogP contribution in [-0.2, 0) is 4.74 Å². The maximum atomic E-state index is 15.3. The second kappa shape index (κ2) is 4.29. The van der Waals surface area contributed by atoms with Crippen LogP contribution in [0.3, 0.4) is 0 Å². The maximum absolute atomic E-state index is 15.3.